The molecule has 1 unspecified atom stereocenters. The second kappa shape index (κ2) is 8.05. The van der Waals surface area contributed by atoms with Gasteiger partial charge in [-0.3, -0.25) is 4.79 Å². The number of carboxylic acid groups (broad SMARTS) is 1. The molecule has 0 bridgehead atoms. The van der Waals surface area contributed by atoms with E-state index >= 15 is 0 Å². The highest BCUT2D eigenvalue weighted by Gasteiger charge is 2.20. The number of nitrogens with one attached hydrogen (secondary N) is 1. The van der Waals surface area contributed by atoms with Gasteiger partial charge in [0.25, 0.3) is 0 Å². The number of thioether (sulfide) groups is 1. The number of carbonyl (C=O) groups excluding carboxylic acids is 1. The number of aliphatic hydroxyl groups is 1. The molecule has 0 spiro atoms. The fourth-order valence-electron chi connectivity index (χ4n) is 1.81. The van der Waals surface area contributed by atoms with E-state index in [1.807, 2.05) is 6.26 Å². The molecule has 0 aliphatic heterocycles. The molecular weight excluding hydrogens is 290 g/mol. The molecule has 6 heteroatoms. The molecular formula is C15H21NO4S. The van der Waals surface area contributed by atoms with Crippen LogP contribution in [0.2, 0.25) is 0 Å². The first-order valence-corrected chi connectivity index (χ1v) is 8.04. The summed E-state index contributed by atoms with van der Waals surface area (Å²) < 4.78 is 0. The highest BCUT2D eigenvalue weighted by molar-refractivity contribution is 7.98. The van der Waals surface area contributed by atoms with Gasteiger partial charge in [0.05, 0.1) is 11.2 Å². The van der Waals surface area contributed by atoms with Crippen molar-refractivity contribution in [2.24, 2.45) is 0 Å². The molecule has 1 amide bonds. The molecule has 0 radical (unpaired) electrons. The summed E-state index contributed by atoms with van der Waals surface area (Å²) in [5.41, 5.74) is 0.237. The number of aromatic carboxylic acids is 1. The first kappa shape index (κ1) is 17.5. The van der Waals surface area contributed by atoms with Crippen molar-refractivity contribution in [3.63, 3.8) is 0 Å². The summed E-state index contributed by atoms with van der Waals surface area (Å²) in [7, 11) is 0. The molecule has 1 rings (SSSR count). The lowest BCUT2D eigenvalue weighted by Gasteiger charge is -2.22. The SMILES string of the molecule is CSCC(C)(O)CNC(=O)CCc1ccc(C(=O)O)cc1. The average Bonchev–Trinajstić information content (AvgIpc) is 2.43. The first-order chi connectivity index (χ1) is 9.84. The quantitative estimate of drug-likeness (QED) is 0.678. The zero-order valence-corrected chi connectivity index (χ0v) is 13.1. The highest BCUT2D eigenvalue weighted by atomic mass is 32.2. The van der Waals surface area contributed by atoms with Gasteiger partial charge in [-0.2, -0.15) is 11.8 Å². The molecule has 0 aliphatic rings. The van der Waals surface area contributed by atoms with E-state index < -0.39 is 11.6 Å². The zero-order chi connectivity index (χ0) is 15.9. The van der Waals surface area contributed by atoms with E-state index in [4.69, 9.17) is 5.11 Å². The van der Waals surface area contributed by atoms with Crippen LogP contribution in [0.25, 0.3) is 0 Å². The van der Waals surface area contributed by atoms with Gasteiger partial charge in [-0.25, -0.2) is 4.79 Å². The number of rotatable bonds is 8. The highest BCUT2D eigenvalue weighted by Crippen LogP contribution is 2.10. The lowest BCUT2D eigenvalue weighted by molar-refractivity contribution is -0.122. The molecule has 1 aromatic carbocycles. The van der Waals surface area contributed by atoms with Crippen LogP contribution in [-0.4, -0.2) is 46.2 Å². The van der Waals surface area contributed by atoms with Crippen LogP contribution in [0.1, 0.15) is 29.3 Å². The van der Waals surface area contributed by atoms with Crippen molar-refractivity contribution in [2.75, 3.05) is 18.6 Å². The maximum Gasteiger partial charge on any atom is 0.335 e. The van der Waals surface area contributed by atoms with Crippen LogP contribution in [0.3, 0.4) is 0 Å². The Morgan fingerprint density at radius 2 is 1.90 bits per heavy atom. The number of amides is 1. The smallest absolute Gasteiger partial charge is 0.335 e. The molecule has 0 fully saturated rings. The van der Waals surface area contributed by atoms with E-state index in [0.29, 0.717) is 18.6 Å². The molecule has 116 valence electrons. The third-order valence-electron chi connectivity index (χ3n) is 2.96. The van der Waals surface area contributed by atoms with Crippen LogP contribution >= 0.6 is 11.8 Å². The predicted molar refractivity (Wildman–Crippen MR) is 83.7 cm³/mol. The molecule has 0 aliphatic carbocycles. The molecule has 5 nitrogen and oxygen atoms in total. The number of carbonyl (C=O) groups is 2. The Morgan fingerprint density at radius 1 is 1.29 bits per heavy atom. The van der Waals surface area contributed by atoms with Gasteiger partial charge in [-0.05, 0) is 37.3 Å². The normalized spacial score (nSPS) is 13.5. The van der Waals surface area contributed by atoms with Crippen molar-refractivity contribution < 1.29 is 19.8 Å². The molecule has 0 heterocycles. The largest absolute Gasteiger partial charge is 0.478 e. The van der Waals surface area contributed by atoms with Gasteiger partial charge < -0.3 is 15.5 Å². The number of hydrogen-bond donors (Lipinski definition) is 3. The first-order valence-electron chi connectivity index (χ1n) is 6.64. The van der Waals surface area contributed by atoms with Crippen LogP contribution in [0, 0.1) is 0 Å². The van der Waals surface area contributed by atoms with E-state index in [9.17, 15) is 14.7 Å². The van der Waals surface area contributed by atoms with E-state index in [1.165, 1.54) is 23.9 Å². The van der Waals surface area contributed by atoms with Crippen LogP contribution in [0.15, 0.2) is 24.3 Å². The Balaban J connectivity index is 2.37. The van der Waals surface area contributed by atoms with E-state index in [1.54, 1.807) is 19.1 Å². The Labute approximate surface area is 128 Å². The zero-order valence-electron chi connectivity index (χ0n) is 12.3. The topological polar surface area (TPSA) is 86.6 Å². The molecule has 0 aromatic heterocycles. The summed E-state index contributed by atoms with van der Waals surface area (Å²) in [5.74, 6) is -0.529. The lowest BCUT2D eigenvalue weighted by Crippen LogP contribution is -2.42. The lowest BCUT2D eigenvalue weighted by atomic mass is 10.1. The second-order valence-corrected chi connectivity index (χ2v) is 6.07. The van der Waals surface area contributed by atoms with Crippen molar-refractivity contribution in [3.8, 4) is 0 Å². The van der Waals surface area contributed by atoms with Crippen LogP contribution in [0.5, 0.6) is 0 Å². The summed E-state index contributed by atoms with van der Waals surface area (Å²) in [4.78, 5) is 22.4. The fraction of sp³-hybridized carbons (Fsp3) is 0.467. The number of hydrogen-bond acceptors (Lipinski definition) is 4. The minimum absolute atomic E-state index is 0.126. The van der Waals surface area contributed by atoms with Gasteiger partial charge in [0.15, 0.2) is 0 Å². The van der Waals surface area contributed by atoms with Crippen molar-refractivity contribution in [1.82, 2.24) is 5.32 Å². The maximum atomic E-state index is 11.7. The second-order valence-electron chi connectivity index (χ2n) is 5.21. The van der Waals surface area contributed by atoms with Gasteiger partial charge in [-0.1, -0.05) is 12.1 Å². The third kappa shape index (κ3) is 6.64. The average molecular weight is 311 g/mol. The van der Waals surface area contributed by atoms with Gasteiger partial charge in [0.2, 0.25) is 5.91 Å². The van der Waals surface area contributed by atoms with Crippen molar-refractivity contribution in [1.29, 1.82) is 0 Å². The van der Waals surface area contributed by atoms with Crippen LogP contribution in [0.4, 0.5) is 0 Å². The van der Waals surface area contributed by atoms with Gasteiger partial charge >= 0.3 is 5.97 Å². The summed E-state index contributed by atoms with van der Waals surface area (Å²) in [6.07, 6.45) is 2.75. The van der Waals surface area contributed by atoms with Crippen LogP contribution < -0.4 is 5.32 Å². The van der Waals surface area contributed by atoms with Gasteiger partial charge in [0, 0.05) is 18.7 Å². The minimum Gasteiger partial charge on any atom is -0.478 e. The Kier molecular flexibility index (Phi) is 6.71. The molecule has 1 atom stereocenters. The monoisotopic (exact) mass is 311 g/mol. The Bertz CT molecular complexity index is 485. The number of benzene rings is 1. The maximum absolute atomic E-state index is 11.7. The van der Waals surface area contributed by atoms with Crippen molar-refractivity contribution >= 4 is 23.6 Å². The van der Waals surface area contributed by atoms with Gasteiger partial charge in [0.1, 0.15) is 0 Å². The summed E-state index contributed by atoms with van der Waals surface area (Å²) in [6.45, 7) is 1.92. The predicted octanol–water partition coefficient (Wildman–Crippen LogP) is 1.55. The molecule has 1 aromatic rings. The van der Waals surface area contributed by atoms with E-state index in [0.717, 1.165) is 5.56 Å². The van der Waals surface area contributed by atoms with Gasteiger partial charge in [-0.15, -0.1) is 0 Å². The van der Waals surface area contributed by atoms with Crippen molar-refractivity contribution in [3.05, 3.63) is 35.4 Å². The Morgan fingerprint density at radius 3 is 2.43 bits per heavy atom. The molecule has 0 saturated heterocycles. The summed E-state index contributed by atoms with van der Waals surface area (Å²) in [5, 5.41) is 21.4. The molecule has 0 saturated carbocycles. The standard InChI is InChI=1S/C15H21NO4S/c1-15(20,10-21-2)9-16-13(17)8-5-11-3-6-12(7-4-11)14(18)19/h3-4,6-7,20H,5,8-10H2,1-2H3,(H,16,17)(H,18,19). The molecule has 3 N–H and O–H groups in total. The number of aryl methyl sites for hydroxylation is 1. The minimum atomic E-state index is -0.963. The van der Waals surface area contributed by atoms with Crippen molar-refractivity contribution in [2.45, 2.75) is 25.4 Å². The van der Waals surface area contributed by atoms with E-state index in [2.05, 4.69) is 5.32 Å². The molecule has 21 heavy (non-hydrogen) atoms. The third-order valence-corrected chi connectivity index (χ3v) is 3.87. The van der Waals surface area contributed by atoms with Crippen LogP contribution in [-0.2, 0) is 11.2 Å². The summed E-state index contributed by atoms with van der Waals surface area (Å²) in [6, 6.07) is 6.47. The number of carboxylic acids is 1. The summed E-state index contributed by atoms with van der Waals surface area (Å²) >= 11 is 1.52. The Hall–Kier alpha value is -1.53. The van der Waals surface area contributed by atoms with E-state index in [-0.39, 0.29) is 18.0 Å². The fourth-order valence-corrected chi connectivity index (χ4v) is 2.54.